The first-order chi connectivity index (χ1) is 26.7. The number of hydrogen-bond acceptors (Lipinski definition) is 21. The molecule has 0 atom stereocenters. The average molecular weight is 892 g/mol. The lowest BCUT2D eigenvalue weighted by atomic mass is 10.2. The van der Waals surface area contributed by atoms with Crippen LogP contribution in [0.1, 0.15) is 10.4 Å². The van der Waals surface area contributed by atoms with Gasteiger partial charge in [-0.2, -0.15) is 27.1 Å². The smallest absolute Gasteiger partial charge is 0.396 e. The van der Waals surface area contributed by atoms with Gasteiger partial charge >= 0.3 is 10.4 Å². The van der Waals surface area contributed by atoms with E-state index in [4.69, 9.17) is 25.5 Å². The number of nitrogens with one attached hydrogen (secondary N) is 1. The fourth-order valence-electron chi connectivity index (χ4n) is 4.36. The molecule has 0 heterocycles. The standard InChI is InChI=1S/C29H29N7O16S5/c30-26-24(35-33-20-6-10-23(11-7-20)54(39,40)14-12-49-53-52-51-38)17-25(56(43,44)45)27(31)28(26)36-34-21-3-1-2-18(16-21)29(37)32-19-4-8-22(9-5-19)55(41,42)15-13-50-57(46,47)48/h1-11,16-17,38H,12-15,30-31H2,(H,32,37)(H,43,44,45)(H,46,47,48). The van der Waals surface area contributed by atoms with Gasteiger partial charge in [0.05, 0.1) is 57.3 Å². The Balaban J connectivity index is 1.52. The number of amides is 1. The molecule has 0 saturated carbocycles. The van der Waals surface area contributed by atoms with E-state index in [0.29, 0.717) is 0 Å². The second-order valence-corrected chi connectivity index (χ2v) is 18.1. The highest BCUT2D eigenvalue weighted by molar-refractivity contribution is 7.92. The van der Waals surface area contributed by atoms with E-state index in [2.05, 4.69) is 39.3 Å². The average Bonchev–Trinajstić information content (AvgIpc) is 3.13. The fraction of sp³-hybridized carbons (Fsp3) is 0.138. The molecule has 8 N–H and O–H groups in total. The van der Waals surface area contributed by atoms with Crippen molar-refractivity contribution in [2.75, 3.05) is 41.5 Å². The van der Waals surface area contributed by atoms with Crippen molar-refractivity contribution in [1.82, 2.24) is 0 Å². The molecule has 0 radical (unpaired) electrons. The summed E-state index contributed by atoms with van der Waals surface area (Å²) in [7, 11) is -17.6. The molecule has 0 fully saturated rings. The molecular weight excluding hydrogens is 863 g/mol. The molecule has 57 heavy (non-hydrogen) atoms. The summed E-state index contributed by atoms with van der Waals surface area (Å²) in [5.41, 5.74) is 10.8. The molecule has 0 unspecified atom stereocenters. The quantitative estimate of drug-likeness (QED) is 0.0143. The lowest BCUT2D eigenvalue weighted by Crippen LogP contribution is -2.15. The molecule has 4 rings (SSSR count). The number of nitrogen functional groups attached to an aromatic ring is 2. The van der Waals surface area contributed by atoms with Gasteiger partial charge in [0.2, 0.25) is 0 Å². The second kappa shape index (κ2) is 19.0. The van der Waals surface area contributed by atoms with E-state index in [9.17, 15) is 43.0 Å². The molecule has 1 amide bonds. The number of rotatable bonds is 19. The van der Waals surface area contributed by atoms with Gasteiger partial charge in [-0.3, -0.25) is 18.1 Å². The first-order valence-corrected chi connectivity index (χ1v) is 22.0. The Hall–Kier alpha value is -4.98. The highest BCUT2D eigenvalue weighted by atomic mass is 32.3. The highest BCUT2D eigenvalue weighted by Gasteiger charge is 2.23. The highest BCUT2D eigenvalue weighted by Crippen LogP contribution is 2.43. The zero-order valence-electron chi connectivity index (χ0n) is 28.5. The van der Waals surface area contributed by atoms with Gasteiger partial charge in [0.15, 0.2) is 32.0 Å². The van der Waals surface area contributed by atoms with E-state index in [1.807, 2.05) is 0 Å². The number of nitrogens with zero attached hydrogens (tertiary/aromatic N) is 4. The van der Waals surface area contributed by atoms with Crippen molar-refractivity contribution in [3.63, 3.8) is 0 Å². The molecule has 23 nitrogen and oxygen atoms in total. The Morgan fingerprint density at radius 2 is 1.32 bits per heavy atom. The first-order valence-electron chi connectivity index (χ1n) is 15.2. The van der Waals surface area contributed by atoms with Crippen LogP contribution in [0.2, 0.25) is 0 Å². The number of benzene rings is 4. The van der Waals surface area contributed by atoms with Crippen LogP contribution in [0.25, 0.3) is 0 Å². The molecule has 0 aliphatic rings. The lowest BCUT2D eigenvalue weighted by molar-refractivity contribution is -0.434. The molecule has 0 aliphatic heterocycles. The number of carbonyl (C=O) groups is 1. The number of hydrogen-bond donors (Lipinski definition) is 6. The van der Waals surface area contributed by atoms with Gasteiger partial charge in [0, 0.05) is 11.3 Å². The zero-order valence-corrected chi connectivity index (χ0v) is 32.6. The minimum Gasteiger partial charge on any atom is -0.396 e. The summed E-state index contributed by atoms with van der Waals surface area (Å²) in [4.78, 5) is 11.8. The lowest BCUT2D eigenvalue weighted by Gasteiger charge is -2.10. The molecule has 0 aromatic heterocycles. The molecule has 4 aromatic carbocycles. The van der Waals surface area contributed by atoms with Gasteiger partial charge in [-0.1, -0.05) is 11.1 Å². The molecular formula is C29H29N7O16S5. The van der Waals surface area contributed by atoms with Crippen LogP contribution in [0.3, 0.4) is 0 Å². The number of nitrogens with two attached hydrogens (primary N) is 2. The maximum Gasteiger partial charge on any atom is 0.397 e. The third-order valence-electron chi connectivity index (χ3n) is 7.04. The van der Waals surface area contributed by atoms with Gasteiger partial charge in [0.25, 0.3) is 16.0 Å². The molecule has 4 aromatic rings. The normalized spacial score (nSPS) is 12.7. The van der Waals surface area contributed by atoms with Crippen molar-refractivity contribution in [2.24, 2.45) is 20.5 Å². The van der Waals surface area contributed by atoms with E-state index < -0.39 is 80.5 Å². The van der Waals surface area contributed by atoms with Crippen LogP contribution in [0.4, 0.5) is 39.8 Å². The Morgan fingerprint density at radius 1 is 0.719 bits per heavy atom. The van der Waals surface area contributed by atoms with Crippen LogP contribution in [0.15, 0.2) is 114 Å². The summed E-state index contributed by atoms with van der Waals surface area (Å²) >= 11 is 0.215. The maximum atomic E-state index is 13.0. The SMILES string of the molecule is Nc1c(N=Nc2ccc(S(=O)(=O)CCOSOOO)cc2)cc(S(=O)(=O)O)c(N)c1N=Nc1cccc(C(=O)Nc2ccc(S(=O)(=O)CCOS(=O)(=O)O)cc2)c1. The van der Waals surface area contributed by atoms with Gasteiger partial charge in [0.1, 0.15) is 16.3 Å². The van der Waals surface area contributed by atoms with E-state index in [0.717, 1.165) is 18.2 Å². The molecule has 306 valence electrons. The monoisotopic (exact) mass is 891 g/mol. The van der Waals surface area contributed by atoms with Gasteiger partial charge < -0.3 is 16.8 Å². The van der Waals surface area contributed by atoms with Crippen molar-refractivity contribution in [3.8, 4) is 0 Å². The van der Waals surface area contributed by atoms with Crippen LogP contribution >= 0.6 is 12.3 Å². The largest absolute Gasteiger partial charge is 0.397 e. The van der Waals surface area contributed by atoms with Crippen molar-refractivity contribution in [1.29, 1.82) is 0 Å². The number of carbonyl (C=O) groups excluding carboxylic acids is 1. The van der Waals surface area contributed by atoms with E-state index in [1.165, 1.54) is 60.7 Å². The Labute approximate surface area is 328 Å². The summed E-state index contributed by atoms with van der Waals surface area (Å²) in [6, 6.07) is 16.2. The van der Waals surface area contributed by atoms with E-state index in [1.54, 1.807) is 0 Å². The predicted molar refractivity (Wildman–Crippen MR) is 201 cm³/mol. The molecule has 0 aliphatic carbocycles. The van der Waals surface area contributed by atoms with Gasteiger partial charge in [-0.25, -0.2) is 26.3 Å². The van der Waals surface area contributed by atoms with Crippen LogP contribution in [-0.4, -0.2) is 78.7 Å². The zero-order chi connectivity index (χ0) is 42.0. The fourth-order valence-corrected chi connectivity index (χ4v) is 7.89. The second-order valence-electron chi connectivity index (χ2n) is 10.9. The Bertz CT molecular complexity index is 2610. The number of anilines is 3. The van der Waals surface area contributed by atoms with Crippen LogP contribution < -0.4 is 16.8 Å². The van der Waals surface area contributed by atoms with Crippen molar-refractivity contribution in [3.05, 3.63) is 84.4 Å². The van der Waals surface area contributed by atoms with Crippen molar-refractivity contribution in [2.45, 2.75) is 14.7 Å². The van der Waals surface area contributed by atoms with Crippen molar-refractivity contribution >= 4 is 98.2 Å². The van der Waals surface area contributed by atoms with Crippen LogP contribution in [-0.2, 0) is 57.9 Å². The third-order valence-corrected chi connectivity index (χ3v) is 12.2. The maximum absolute atomic E-state index is 13.0. The first kappa shape index (κ1) is 44.7. The van der Waals surface area contributed by atoms with Gasteiger partial charge in [-0.05, 0) is 72.8 Å². The summed E-state index contributed by atoms with van der Waals surface area (Å²) < 4.78 is 127. The molecule has 28 heteroatoms. The topological polar surface area (TPSA) is 365 Å². The van der Waals surface area contributed by atoms with Crippen LogP contribution in [0, 0.1) is 0 Å². The summed E-state index contributed by atoms with van der Waals surface area (Å²) in [6.45, 7) is -1.14. The number of sulfone groups is 2. The van der Waals surface area contributed by atoms with Gasteiger partial charge in [-0.15, -0.1) is 14.6 Å². The summed E-state index contributed by atoms with van der Waals surface area (Å²) in [5, 5.41) is 29.7. The summed E-state index contributed by atoms with van der Waals surface area (Å²) in [5.74, 6) is -1.88. The van der Waals surface area contributed by atoms with Crippen LogP contribution in [0.5, 0.6) is 0 Å². The van der Waals surface area contributed by atoms with Crippen molar-refractivity contribution < 1.29 is 70.6 Å². The minimum absolute atomic E-state index is 0.0431. The molecule has 0 spiro atoms. The number of azo groups is 2. The molecule has 0 saturated heterocycles. The Kier molecular flexibility index (Phi) is 14.9. The predicted octanol–water partition coefficient (Wildman–Crippen LogP) is 4.55. The minimum atomic E-state index is -4.98. The van der Waals surface area contributed by atoms with E-state index >= 15 is 0 Å². The Morgan fingerprint density at radius 3 is 1.91 bits per heavy atom. The molecule has 0 bridgehead atoms. The summed E-state index contributed by atoms with van der Waals surface area (Å²) in [6.07, 6.45) is 0. The van der Waals surface area contributed by atoms with E-state index in [-0.39, 0.29) is 62.7 Å². The third kappa shape index (κ3) is 13.0.